The molecule has 2 rings (SSSR count). The Labute approximate surface area is 180 Å². The highest BCUT2D eigenvalue weighted by molar-refractivity contribution is 8.00. The van der Waals surface area contributed by atoms with E-state index in [0.29, 0.717) is 16.9 Å². The Morgan fingerprint density at radius 3 is 2.41 bits per heavy atom. The molecule has 2 aromatic carbocycles. The molecule has 2 unspecified atom stereocenters. The van der Waals surface area contributed by atoms with Gasteiger partial charge in [0, 0.05) is 10.5 Å². The van der Waals surface area contributed by atoms with Gasteiger partial charge in [-0.05, 0) is 43.5 Å². The second-order valence-electron chi connectivity index (χ2n) is 7.02. The standard InChI is InChI=1S/C22H25ClFNO3S/c1-5-14(4)28-22(27)20(13(2)3)29-19-12-18(17(24)11-16(19)23)25-21(26)15-9-7-6-8-10-15/h6-14,20H,5H2,1-4H3,(H,25,26). The van der Waals surface area contributed by atoms with E-state index >= 15 is 0 Å². The molecule has 1 N–H and O–H groups in total. The second kappa shape index (κ2) is 10.6. The highest BCUT2D eigenvalue weighted by atomic mass is 35.5. The zero-order chi connectivity index (χ0) is 21.6. The van der Waals surface area contributed by atoms with Crippen molar-refractivity contribution in [3.05, 3.63) is 58.9 Å². The van der Waals surface area contributed by atoms with Crippen LogP contribution in [0, 0.1) is 11.7 Å². The predicted octanol–water partition coefficient (Wildman–Crippen LogP) is 6.19. The van der Waals surface area contributed by atoms with Crippen LogP contribution in [0.4, 0.5) is 10.1 Å². The van der Waals surface area contributed by atoms with Crippen LogP contribution in [0.1, 0.15) is 44.5 Å². The first-order valence-electron chi connectivity index (χ1n) is 9.45. The molecule has 0 bridgehead atoms. The van der Waals surface area contributed by atoms with E-state index in [2.05, 4.69) is 5.32 Å². The van der Waals surface area contributed by atoms with Crippen LogP contribution in [0.2, 0.25) is 5.02 Å². The summed E-state index contributed by atoms with van der Waals surface area (Å²) in [6, 6.07) is 11.1. The Morgan fingerprint density at radius 1 is 1.17 bits per heavy atom. The van der Waals surface area contributed by atoms with Crippen molar-refractivity contribution in [2.45, 2.75) is 50.4 Å². The number of hydrogen-bond donors (Lipinski definition) is 1. The van der Waals surface area contributed by atoms with Gasteiger partial charge in [-0.1, -0.05) is 50.6 Å². The molecule has 0 spiro atoms. The third-order valence-corrected chi connectivity index (χ3v) is 6.30. The number of ether oxygens (including phenoxy) is 1. The minimum absolute atomic E-state index is 0.00329. The summed E-state index contributed by atoms with van der Waals surface area (Å²) in [6.07, 6.45) is 0.530. The molecule has 0 aliphatic rings. The van der Waals surface area contributed by atoms with Crippen LogP contribution in [-0.4, -0.2) is 23.2 Å². The number of rotatable bonds is 8. The fourth-order valence-corrected chi connectivity index (χ4v) is 3.78. The molecule has 2 aromatic rings. The van der Waals surface area contributed by atoms with Crippen LogP contribution < -0.4 is 5.32 Å². The second-order valence-corrected chi connectivity index (χ2v) is 8.61. The number of amides is 1. The number of carbonyl (C=O) groups excluding carboxylic acids is 2. The van der Waals surface area contributed by atoms with Crippen molar-refractivity contribution in [2.24, 2.45) is 5.92 Å². The zero-order valence-corrected chi connectivity index (χ0v) is 18.4. The van der Waals surface area contributed by atoms with Crippen LogP contribution in [0.5, 0.6) is 0 Å². The van der Waals surface area contributed by atoms with Crippen molar-refractivity contribution in [3.63, 3.8) is 0 Å². The van der Waals surface area contributed by atoms with E-state index in [1.54, 1.807) is 30.3 Å². The van der Waals surface area contributed by atoms with Crippen LogP contribution in [-0.2, 0) is 9.53 Å². The molecule has 0 fully saturated rings. The summed E-state index contributed by atoms with van der Waals surface area (Å²) >= 11 is 7.42. The maximum Gasteiger partial charge on any atom is 0.319 e. The Hall–Kier alpha value is -2.05. The number of benzene rings is 2. The number of halogens is 2. The van der Waals surface area contributed by atoms with Gasteiger partial charge in [0.15, 0.2) is 0 Å². The summed E-state index contributed by atoms with van der Waals surface area (Å²) in [7, 11) is 0. The number of esters is 1. The van der Waals surface area contributed by atoms with E-state index in [1.165, 1.54) is 17.8 Å². The molecular weight excluding hydrogens is 413 g/mol. The SMILES string of the molecule is CCC(C)OC(=O)C(Sc1cc(NC(=O)c2ccccc2)c(F)cc1Cl)C(C)C. The van der Waals surface area contributed by atoms with Crippen LogP contribution in [0.15, 0.2) is 47.4 Å². The first kappa shape index (κ1) is 23.2. The smallest absolute Gasteiger partial charge is 0.319 e. The van der Waals surface area contributed by atoms with Crippen molar-refractivity contribution in [3.8, 4) is 0 Å². The van der Waals surface area contributed by atoms with E-state index in [9.17, 15) is 14.0 Å². The van der Waals surface area contributed by atoms with Gasteiger partial charge in [0.1, 0.15) is 11.1 Å². The lowest BCUT2D eigenvalue weighted by molar-refractivity contribution is -0.148. The highest BCUT2D eigenvalue weighted by Gasteiger charge is 2.27. The number of nitrogens with one attached hydrogen (secondary N) is 1. The Morgan fingerprint density at radius 2 is 1.83 bits per heavy atom. The summed E-state index contributed by atoms with van der Waals surface area (Å²) in [4.78, 5) is 25.4. The number of anilines is 1. The lowest BCUT2D eigenvalue weighted by atomic mass is 10.1. The van der Waals surface area contributed by atoms with Crippen molar-refractivity contribution in [1.82, 2.24) is 0 Å². The number of thioether (sulfide) groups is 1. The molecule has 0 radical (unpaired) electrons. The third-order valence-electron chi connectivity index (χ3n) is 4.29. The minimum Gasteiger partial charge on any atom is -0.462 e. The summed E-state index contributed by atoms with van der Waals surface area (Å²) in [5.41, 5.74) is 0.414. The third kappa shape index (κ3) is 6.47. The molecule has 29 heavy (non-hydrogen) atoms. The van der Waals surface area contributed by atoms with Crippen LogP contribution in [0.25, 0.3) is 0 Å². The average Bonchev–Trinajstić information content (AvgIpc) is 2.69. The van der Waals surface area contributed by atoms with E-state index in [-0.39, 0.29) is 28.7 Å². The fraction of sp³-hybridized carbons (Fsp3) is 0.364. The van der Waals surface area contributed by atoms with Crippen LogP contribution in [0.3, 0.4) is 0 Å². The maximum atomic E-state index is 14.4. The van der Waals surface area contributed by atoms with Gasteiger partial charge in [-0.3, -0.25) is 9.59 Å². The molecule has 0 saturated heterocycles. The summed E-state index contributed by atoms with van der Waals surface area (Å²) < 4.78 is 19.8. The van der Waals surface area contributed by atoms with Gasteiger partial charge in [-0.2, -0.15) is 0 Å². The molecule has 0 aliphatic heterocycles. The van der Waals surface area contributed by atoms with Gasteiger partial charge in [-0.25, -0.2) is 4.39 Å². The van der Waals surface area contributed by atoms with E-state index in [0.717, 1.165) is 6.07 Å². The highest BCUT2D eigenvalue weighted by Crippen LogP contribution is 2.37. The van der Waals surface area contributed by atoms with Crippen molar-refractivity contribution < 1.29 is 18.7 Å². The molecule has 4 nitrogen and oxygen atoms in total. The summed E-state index contributed by atoms with van der Waals surface area (Å²) in [6.45, 7) is 7.59. The quantitative estimate of drug-likeness (QED) is 0.395. The molecule has 0 aliphatic carbocycles. The monoisotopic (exact) mass is 437 g/mol. The molecule has 0 heterocycles. The van der Waals surface area contributed by atoms with Gasteiger partial charge in [0.25, 0.3) is 5.91 Å². The van der Waals surface area contributed by atoms with Gasteiger partial charge < -0.3 is 10.1 Å². The average molecular weight is 438 g/mol. The Balaban J connectivity index is 2.24. The molecule has 156 valence electrons. The first-order valence-corrected chi connectivity index (χ1v) is 10.7. The lowest BCUT2D eigenvalue weighted by Crippen LogP contribution is -2.28. The molecule has 7 heteroatoms. The Bertz CT molecular complexity index is 861. The molecular formula is C22H25ClFNO3S. The van der Waals surface area contributed by atoms with Gasteiger partial charge in [-0.15, -0.1) is 11.8 Å². The molecule has 2 atom stereocenters. The minimum atomic E-state index is -0.646. The topological polar surface area (TPSA) is 55.4 Å². The van der Waals surface area contributed by atoms with E-state index in [1.807, 2.05) is 27.7 Å². The summed E-state index contributed by atoms with van der Waals surface area (Å²) in [5, 5.41) is 2.23. The lowest BCUT2D eigenvalue weighted by Gasteiger charge is -2.22. The Kier molecular flexibility index (Phi) is 8.53. The normalized spacial score (nSPS) is 13.1. The number of hydrogen-bond acceptors (Lipinski definition) is 4. The first-order chi connectivity index (χ1) is 13.7. The van der Waals surface area contributed by atoms with Gasteiger partial charge in [0.2, 0.25) is 0 Å². The number of carbonyl (C=O) groups is 2. The predicted molar refractivity (Wildman–Crippen MR) is 116 cm³/mol. The van der Waals surface area contributed by atoms with E-state index in [4.69, 9.17) is 16.3 Å². The molecule has 0 aromatic heterocycles. The zero-order valence-electron chi connectivity index (χ0n) is 16.9. The molecule has 0 saturated carbocycles. The van der Waals surface area contributed by atoms with Gasteiger partial charge >= 0.3 is 5.97 Å². The summed E-state index contributed by atoms with van der Waals surface area (Å²) in [5.74, 6) is -1.44. The van der Waals surface area contributed by atoms with Crippen molar-refractivity contribution >= 4 is 40.9 Å². The van der Waals surface area contributed by atoms with Crippen molar-refractivity contribution in [2.75, 3.05) is 5.32 Å². The maximum absolute atomic E-state index is 14.4. The molecule has 1 amide bonds. The largest absolute Gasteiger partial charge is 0.462 e. The van der Waals surface area contributed by atoms with E-state index < -0.39 is 17.0 Å². The van der Waals surface area contributed by atoms with Crippen molar-refractivity contribution in [1.29, 1.82) is 0 Å². The fourth-order valence-electron chi connectivity index (χ4n) is 2.44. The van der Waals surface area contributed by atoms with Crippen LogP contribution >= 0.6 is 23.4 Å². The van der Waals surface area contributed by atoms with Gasteiger partial charge in [0.05, 0.1) is 16.8 Å².